The maximum atomic E-state index is 13.1. The molecule has 0 spiro atoms. The van der Waals surface area contributed by atoms with E-state index in [-0.39, 0.29) is 23.4 Å². The number of likely N-dealkylation sites (tertiary alicyclic amines) is 1. The molecule has 1 unspecified atom stereocenters. The predicted octanol–water partition coefficient (Wildman–Crippen LogP) is 2.39. The number of hydrogen-bond acceptors (Lipinski definition) is 4. The van der Waals surface area contributed by atoms with Gasteiger partial charge in [0.2, 0.25) is 0 Å². The summed E-state index contributed by atoms with van der Waals surface area (Å²) in [5, 5.41) is 4.22. The molecule has 1 amide bonds. The molecule has 0 N–H and O–H groups in total. The first kappa shape index (κ1) is 17.1. The molecular formula is C18H20FN3O3. The van der Waals surface area contributed by atoms with Crippen molar-refractivity contribution in [2.24, 2.45) is 0 Å². The van der Waals surface area contributed by atoms with Gasteiger partial charge in [0.25, 0.3) is 11.5 Å². The van der Waals surface area contributed by atoms with Gasteiger partial charge in [0.15, 0.2) is 11.4 Å². The van der Waals surface area contributed by atoms with Crippen LogP contribution >= 0.6 is 0 Å². The Kier molecular flexibility index (Phi) is 4.83. The summed E-state index contributed by atoms with van der Waals surface area (Å²) in [6.07, 6.45) is 2.96. The van der Waals surface area contributed by atoms with E-state index in [1.165, 1.54) is 37.4 Å². The molecule has 1 fully saturated rings. The second-order valence-electron chi connectivity index (χ2n) is 6.13. The van der Waals surface area contributed by atoms with E-state index in [0.29, 0.717) is 12.2 Å². The Balaban J connectivity index is 2.06. The molecule has 1 aliphatic heterocycles. The molecule has 6 nitrogen and oxygen atoms in total. The molecule has 2 aromatic rings. The van der Waals surface area contributed by atoms with E-state index in [4.69, 9.17) is 4.74 Å². The molecule has 2 heterocycles. The van der Waals surface area contributed by atoms with Gasteiger partial charge in [-0.15, -0.1) is 0 Å². The summed E-state index contributed by atoms with van der Waals surface area (Å²) in [6, 6.07) is 6.70. The van der Waals surface area contributed by atoms with E-state index in [1.807, 2.05) is 6.92 Å². The number of aromatic nitrogens is 2. The van der Waals surface area contributed by atoms with Crippen LogP contribution < -0.4 is 10.3 Å². The highest BCUT2D eigenvalue weighted by molar-refractivity contribution is 5.95. The maximum Gasteiger partial charge on any atom is 0.278 e. The smallest absolute Gasteiger partial charge is 0.278 e. The number of halogens is 1. The van der Waals surface area contributed by atoms with Gasteiger partial charge in [0.1, 0.15) is 5.82 Å². The molecule has 0 saturated carbocycles. The summed E-state index contributed by atoms with van der Waals surface area (Å²) in [7, 11) is 1.40. The molecule has 1 aromatic heterocycles. The summed E-state index contributed by atoms with van der Waals surface area (Å²) in [5.74, 6) is -0.533. The third-order valence-electron chi connectivity index (χ3n) is 4.45. The molecule has 0 aliphatic carbocycles. The molecule has 1 aliphatic rings. The lowest BCUT2D eigenvalue weighted by Gasteiger charge is -2.33. The van der Waals surface area contributed by atoms with Gasteiger partial charge in [-0.05, 0) is 50.5 Å². The third kappa shape index (κ3) is 3.40. The zero-order chi connectivity index (χ0) is 18.0. The largest absolute Gasteiger partial charge is 0.494 e. The lowest BCUT2D eigenvalue weighted by Crippen LogP contribution is -2.43. The quantitative estimate of drug-likeness (QED) is 0.857. The highest BCUT2D eigenvalue weighted by atomic mass is 19.1. The Morgan fingerprint density at radius 2 is 2.00 bits per heavy atom. The summed E-state index contributed by atoms with van der Waals surface area (Å²) < 4.78 is 19.4. The van der Waals surface area contributed by atoms with E-state index >= 15 is 0 Å². The van der Waals surface area contributed by atoms with Crippen molar-refractivity contribution in [1.29, 1.82) is 0 Å². The fourth-order valence-corrected chi connectivity index (χ4v) is 3.05. The first-order valence-corrected chi connectivity index (χ1v) is 8.26. The van der Waals surface area contributed by atoms with Crippen LogP contribution in [0, 0.1) is 5.82 Å². The fraction of sp³-hybridized carbons (Fsp3) is 0.389. The van der Waals surface area contributed by atoms with Crippen LogP contribution in [-0.2, 0) is 0 Å². The number of nitrogens with zero attached hydrogens (tertiary/aromatic N) is 3. The number of rotatable bonds is 3. The lowest BCUT2D eigenvalue weighted by molar-refractivity contribution is 0.0623. The zero-order valence-corrected chi connectivity index (χ0v) is 14.2. The second-order valence-corrected chi connectivity index (χ2v) is 6.13. The van der Waals surface area contributed by atoms with E-state index in [9.17, 15) is 14.0 Å². The van der Waals surface area contributed by atoms with Crippen LogP contribution in [-0.4, -0.2) is 40.3 Å². The maximum absolute atomic E-state index is 13.1. The lowest BCUT2D eigenvalue weighted by atomic mass is 10.0. The third-order valence-corrected chi connectivity index (χ3v) is 4.45. The van der Waals surface area contributed by atoms with Crippen LogP contribution in [0.2, 0.25) is 0 Å². The normalized spacial score (nSPS) is 17.4. The van der Waals surface area contributed by atoms with Crippen LogP contribution in [0.1, 0.15) is 36.7 Å². The van der Waals surface area contributed by atoms with Crippen LogP contribution in [0.3, 0.4) is 0 Å². The average Bonchev–Trinajstić information content (AvgIpc) is 2.62. The first-order chi connectivity index (χ1) is 12.0. The summed E-state index contributed by atoms with van der Waals surface area (Å²) in [5.41, 5.74) is 0.0154. The van der Waals surface area contributed by atoms with Crippen molar-refractivity contribution in [2.75, 3.05) is 13.7 Å². The number of piperidine rings is 1. The van der Waals surface area contributed by atoms with Crippen molar-refractivity contribution >= 4 is 5.91 Å². The molecule has 7 heteroatoms. The van der Waals surface area contributed by atoms with Crippen molar-refractivity contribution in [1.82, 2.24) is 14.7 Å². The Hall–Kier alpha value is -2.70. The Morgan fingerprint density at radius 3 is 2.64 bits per heavy atom. The van der Waals surface area contributed by atoms with Gasteiger partial charge in [-0.3, -0.25) is 9.59 Å². The molecule has 3 rings (SSSR count). The molecule has 25 heavy (non-hydrogen) atoms. The first-order valence-electron chi connectivity index (χ1n) is 8.26. The van der Waals surface area contributed by atoms with Crippen molar-refractivity contribution in [2.45, 2.75) is 32.2 Å². The monoisotopic (exact) mass is 345 g/mol. The van der Waals surface area contributed by atoms with Crippen LogP contribution in [0.4, 0.5) is 4.39 Å². The number of carbonyl (C=O) groups is 1. The van der Waals surface area contributed by atoms with Crippen molar-refractivity contribution in [3.8, 4) is 11.4 Å². The molecule has 1 aromatic carbocycles. The van der Waals surface area contributed by atoms with Crippen molar-refractivity contribution in [3.05, 3.63) is 52.2 Å². The minimum Gasteiger partial charge on any atom is -0.494 e. The van der Waals surface area contributed by atoms with Gasteiger partial charge in [0.05, 0.1) is 18.9 Å². The molecule has 1 saturated heterocycles. The minimum atomic E-state index is -0.452. The number of methoxy groups -OCH3 is 1. The predicted molar refractivity (Wildman–Crippen MR) is 90.7 cm³/mol. The number of benzene rings is 1. The van der Waals surface area contributed by atoms with Gasteiger partial charge in [-0.25, -0.2) is 4.39 Å². The number of amides is 1. The van der Waals surface area contributed by atoms with Gasteiger partial charge in [-0.1, -0.05) is 0 Å². The number of carbonyl (C=O) groups excluding carboxylic acids is 1. The van der Waals surface area contributed by atoms with E-state index < -0.39 is 11.4 Å². The topological polar surface area (TPSA) is 64.4 Å². The van der Waals surface area contributed by atoms with Crippen LogP contribution in [0.5, 0.6) is 5.75 Å². The van der Waals surface area contributed by atoms with E-state index in [1.54, 1.807) is 4.90 Å². The van der Waals surface area contributed by atoms with E-state index in [0.717, 1.165) is 23.9 Å². The summed E-state index contributed by atoms with van der Waals surface area (Å²) in [6.45, 7) is 2.65. The van der Waals surface area contributed by atoms with Gasteiger partial charge < -0.3 is 9.64 Å². The average molecular weight is 345 g/mol. The second kappa shape index (κ2) is 7.04. The van der Waals surface area contributed by atoms with Crippen LogP contribution in [0.15, 0.2) is 35.1 Å². The summed E-state index contributed by atoms with van der Waals surface area (Å²) >= 11 is 0. The Bertz CT molecular complexity index is 832. The van der Waals surface area contributed by atoms with Gasteiger partial charge >= 0.3 is 0 Å². The molecule has 0 bridgehead atoms. The molecule has 132 valence electrons. The number of ether oxygens (including phenoxy) is 1. The SMILES string of the molecule is COc1cc(=O)n(-c2ccc(F)cc2)nc1C(=O)N1CCCCC1C. The van der Waals surface area contributed by atoms with E-state index in [2.05, 4.69) is 5.10 Å². The fourth-order valence-electron chi connectivity index (χ4n) is 3.05. The van der Waals surface area contributed by atoms with Gasteiger partial charge in [0, 0.05) is 12.6 Å². The molecular weight excluding hydrogens is 325 g/mol. The highest BCUT2D eigenvalue weighted by Gasteiger charge is 2.28. The van der Waals surface area contributed by atoms with Crippen LogP contribution in [0.25, 0.3) is 5.69 Å². The molecule has 1 atom stereocenters. The summed E-state index contributed by atoms with van der Waals surface area (Å²) in [4.78, 5) is 27.0. The zero-order valence-electron chi connectivity index (χ0n) is 14.2. The standard InChI is InChI=1S/C18H20FN3O3/c1-12-5-3-4-10-21(12)18(24)17-15(25-2)11-16(23)22(20-17)14-8-6-13(19)7-9-14/h6-9,11-12H,3-5,10H2,1-2H3. The Morgan fingerprint density at radius 1 is 1.28 bits per heavy atom. The Labute approximate surface area is 144 Å². The molecule has 0 radical (unpaired) electrons. The van der Waals surface area contributed by atoms with Crippen molar-refractivity contribution in [3.63, 3.8) is 0 Å². The van der Waals surface area contributed by atoms with Crippen molar-refractivity contribution < 1.29 is 13.9 Å². The highest BCUT2D eigenvalue weighted by Crippen LogP contribution is 2.22. The number of hydrogen-bond donors (Lipinski definition) is 0. The minimum absolute atomic E-state index is 0.0835. The van der Waals surface area contributed by atoms with Gasteiger partial charge in [-0.2, -0.15) is 9.78 Å².